The summed E-state index contributed by atoms with van der Waals surface area (Å²) in [4.78, 5) is 0. The number of benzene rings is 12. The average molecular weight is 915 g/mol. The molecule has 1 nitrogen and oxygen atoms in total. The summed E-state index contributed by atoms with van der Waals surface area (Å²) in [5.41, 5.74) is 17.2. The van der Waals surface area contributed by atoms with Gasteiger partial charge < -0.3 is 4.42 Å². The third-order valence-corrected chi connectivity index (χ3v) is 14.4. The Labute approximate surface area is 410 Å². The lowest BCUT2D eigenvalue weighted by atomic mass is 9.90. The molecule has 336 valence electrons. The van der Waals surface area contributed by atoms with Gasteiger partial charge in [0.2, 0.25) is 0 Å². The minimum absolute atomic E-state index is 0.275. The van der Waals surface area contributed by atoms with Gasteiger partial charge in [-0.3, -0.25) is 0 Å². The molecule has 0 radical (unpaired) electrons. The number of rotatable bonds is 7. The molecule has 1 aromatic heterocycles. The van der Waals surface area contributed by atoms with Crippen molar-refractivity contribution < 1.29 is 13.2 Å². The minimum atomic E-state index is -0.306. The summed E-state index contributed by atoms with van der Waals surface area (Å²) < 4.78 is 37.7. The lowest BCUT2D eigenvalue weighted by Gasteiger charge is -2.14. The Hall–Kier alpha value is -8.92. The molecular formula is C68H44F2O. The maximum absolute atomic E-state index is 15.8. The quantitative estimate of drug-likeness (QED) is 0.145. The summed E-state index contributed by atoms with van der Waals surface area (Å²) in [5.74, 6) is -0.580. The number of halogens is 2. The molecule has 13 rings (SSSR count). The van der Waals surface area contributed by atoms with Crippen LogP contribution in [0.1, 0.15) is 11.1 Å². The van der Waals surface area contributed by atoms with Crippen LogP contribution in [0.5, 0.6) is 0 Å². The number of hydrogen-bond donors (Lipinski definition) is 0. The van der Waals surface area contributed by atoms with Gasteiger partial charge in [-0.05, 0) is 202 Å². The van der Waals surface area contributed by atoms with Crippen LogP contribution < -0.4 is 0 Å². The maximum Gasteiger partial charge on any atom is 0.143 e. The van der Waals surface area contributed by atoms with Gasteiger partial charge in [0.25, 0.3) is 0 Å². The fourth-order valence-corrected chi connectivity index (χ4v) is 10.9. The van der Waals surface area contributed by atoms with Gasteiger partial charge in [0.05, 0.1) is 0 Å². The first-order valence-corrected chi connectivity index (χ1v) is 24.1. The lowest BCUT2D eigenvalue weighted by molar-refractivity contribution is 0.628. The molecule has 0 aliphatic carbocycles. The summed E-state index contributed by atoms with van der Waals surface area (Å²) >= 11 is 0. The Morgan fingerprint density at radius 2 is 0.648 bits per heavy atom. The third-order valence-electron chi connectivity index (χ3n) is 14.4. The fourth-order valence-electron chi connectivity index (χ4n) is 10.9. The van der Waals surface area contributed by atoms with Gasteiger partial charge in [0.1, 0.15) is 22.8 Å². The number of hydrogen-bond acceptors (Lipinski definition) is 1. The van der Waals surface area contributed by atoms with Crippen molar-refractivity contribution in [3.63, 3.8) is 0 Å². The van der Waals surface area contributed by atoms with E-state index in [2.05, 4.69) is 190 Å². The first kappa shape index (κ1) is 42.2. The Bertz CT molecular complexity index is 4250. The van der Waals surface area contributed by atoms with E-state index in [1.807, 2.05) is 30.3 Å². The van der Waals surface area contributed by atoms with Crippen molar-refractivity contribution in [3.05, 3.63) is 253 Å². The van der Waals surface area contributed by atoms with Crippen LogP contribution in [0.3, 0.4) is 0 Å². The molecule has 0 saturated carbocycles. The summed E-state index contributed by atoms with van der Waals surface area (Å²) in [6.45, 7) is 4.25. The van der Waals surface area contributed by atoms with E-state index >= 15 is 8.78 Å². The molecule has 3 heteroatoms. The topological polar surface area (TPSA) is 13.1 Å². The van der Waals surface area contributed by atoms with Crippen molar-refractivity contribution in [2.45, 2.75) is 13.8 Å². The van der Waals surface area contributed by atoms with Gasteiger partial charge in [-0.25, -0.2) is 8.78 Å². The molecule has 0 bridgehead atoms. The summed E-state index contributed by atoms with van der Waals surface area (Å²) in [6.07, 6.45) is 0. The zero-order valence-corrected chi connectivity index (χ0v) is 39.1. The molecule has 71 heavy (non-hydrogen) atoms. The van der Waals surface area contributed by atoms with Crippen LogP contribution in [0.2, 0.25) is 0 Å². The minimum Gasteiger partial charge on any atom is -0.455 e. The molecule has 0 atom stereocenters. The van der Waals surface area contributed by atoms with Crippen LogP contribution in [-0.4, -0.2) is 0 Å². The van der Waals surface area contributed by atoms with E-state index in [1.165, 1.54) is 26.9 Å². The van der Waals surface area contributed by atoms with Crippen LogP contribution >= 0.6 is 0 Å². The lowest BCUT2D eigenvalue weighted by Crippen LogP contribution is -1.90. The summed E-state index contributed by atoms with van der Waals surface area (Å²) in [6, 6.07) is 78.3. The van der Waals surface area contributed by atoms with Crippen LogP contribution in [0, 0.1) is 25.5 Å². The second kappa shape index (κ2) is 16.9. The zero-order chi connectivity index (χ0) is 47.7. The van der Waals surface area contributed by atoms with Crippen molar-refractivity contribution in [1.29, 1.82) is 0 Å². The molecule has 0 saturated heterocycles. The average Bonchev–Trinajstić information content (AvgIpc) is 3.80. The number of aryl methyl sites for hydroxylation is 2. The van der Waals surface area contributed by atoms with E-state index in [4.69, 9.17) is 4.42 Å². The first-order chi connectivity index (χ1) is 34.8. The highest BCUT2D eigenvalue weighted by Gasteiger charge is 2.17. The zero-order valence-electron chi connectivity index (χ0n) is 39.1. The third kappa shape index (κ3) is 7.46. The molecule has 0 amide bonds. The molecule has 0 aliphatic heterocycles. The van der Waals surface area contributed by atoms with Gasteiger partial charge in [0, 0.05) is 16.3 Å². The molecule has 1 heterocycles. The van der Waals surface area contributed by atoms with Gasteiger partial charge >= 0.3 is 0 Å². The normalized spacial score (nSPS) is 11.7. The van der Waals surface area contributed by atoms with E-state index < -0.39 is 0 Å². The highest BCUT2D eigenvalue weighted by molar-refractivity contribution is 6.25. The standard InChI is InChI=1S/C68H44F2O/c1-41-24-26-45(50-32-51(35-54(69)34-50)47-28-29-61-59-18-4-3-16-57(59)58-17-5-6-19-60(58)66(61)40-47)38-64(41)48-14-9-12-43(30-48)44-13-10-15-49(31-44)65-39-46(27-25-42(65)2)52-33-53(37-55(70)36-52)56-21-11-22-63-62-20-7-8-23-67(62)71-68(56)63/h3-40H,1-2H3. The largest absolute Gasteiger partial charge is 0.455 e. The Morgan fingerprint density at radius 1 is 0.254 bits per heavy atom. The molecule has 0 fully saturated rings. The Kier molecular flexibility index (Phi) is 10.1. The monoisotopic (exact) mass is 914 g/mol. The molecule has 12 aromatic carbocycles. The van der Waals surface area contributed by atoms with Crippen molar-refractivity contribution in [3.8, 4) is 77.9 Å². The van der Waals surface area contributed by atoms with E-state index in [9.17, 15) is 0 Å². The molecule has 0 N–H and O–H groups in total. The van der Waals surface area contributed by atoms with Crippen molar-refractivity contribution >= 4 is 54.3 Å². The summed E-state index contributed by atoms with van der Waals surface area (Å²) in [5, 5.41) is 9.23. The highest BCUT2D eigenvalue weighted by Crippen LogP contribution is 2.41. The van der Waals surface area contributed by atoms with Crippen LogP contribution in [0.4, 0.5) is 8.78 Å². The molecule has 0 spiro atoms. The van der Waals surface area contributed by atoms with Crippen LogP contribution in [0.15, 0.2) is 235 Å². The van der Waals surface area contributed by atoms with Gasteiger partial charge in [-0.2, -0.15) is 0 Å². The first-order valence-electron chi connectivity index (χ1n) is 24.1. The number of para-hydroxylation sites is 2. The predicted octanol–water partition coefficient (Wildman–Crippen LogP) is 19.6. The predicted molar refractivity (Wildman–Crippen MR) is 294 cm³/mol. The van der Waals surface area contributed by atoms with Crippen molar-refractivity contribution in [2.75, 3.05) is 0 Å². The Morgan fingerprint density at radius 3 is 1.23 bits per heavy atom. The number of furan rings is 1. The van der Waals surface area contributed by atoms with E-state index in [0.717, 1.165) is 116 Å². The van der Waals surface area contributed by atoms with Gasteiger partial charge in [-0.15, -0.1) is 0 Å². The van der Waals surface area contributed by atoms with Gasteiger partial charge in [-0.1, -0.05) is 158 Å². The maximum atomic E-state index is 15.8. The molecule has 0 unspecified atom stereocenters. The fraction of sp³-hybridized carbons (Fsp3) is 0.0294. The van der Waals surface area contributed by atoms with Crippen molar-refractivity contribution in [2.24, 2.45) is 0 Å². The van der Waals surface area contributed by atoms with Gasteiger partial charge in [0.15, 0.2) is 0 Å². The van der Waals surface area contributed by atoms with Crippen LogP contribution in [0.25, 0.3) is 132 Å². The second-order valence-corrected chi connectivity index (χ2v) is 18.8. The molecule has 13 aromatic rings. The number of fused-ring (bicyclic) bond motifs is 9. The molecular weight excluding hydrogens is 871 g/mol. The highest BCUT2D eigenvalue weighted by atomic mass is 19.1. The SMILES string of the molecule is Cc1ccc(-c2cc(F)cc(-c3ccc4c5ccccc5c5ccccc5c4c3)c2)cc1-c1cccc(-c2cccc(-c3cc(-c4cc(F)cc(-c5cccc6c5oc5ccccc56)c4)ccc3C)c2)c1. The van der Waals surface area contributed by atoms with E-state index in [-0.39, 0.29) is 11.6 Å². The molecule has 0 aliphatic rings. The Balaban J connectivity index is 0.822. The summed E-state index contributed by atoms with van der Waals surface area (Å²) in [7, 11) is 0. The second-order valence-electron chi connectivity index (χ2n) is 18.8. The van der Waals surface area contributed by atoms with Crippen molar-refractivity contribution in [1.82, 2.24) is 0 Å². The van der Waals surface area contributed by atoms with E-state index in [0.29, 0.717) is 0 Å². The van der Waals surface area contributed by atoms with Crippen LogP contribution in [-0.2, 0) is 0 Å². The van der Waals surface area contributed by atoms with E-state index in [1.54, 1.807) is 24.3 Å². The smallest absolute Gasteiger partial charge is 0.143 e.